The molecule has 1 unspecified atom stereocenters. The summed E-state index contributed by atoms with van der Waals surface area (Å²) in [5, 5.41) is 21.7. The summed E-state index contributed by atoms with van der Waals surface area (Å²) in [4.78, 5) is 0. The number of hydrogen-bond acceptors (Lipinski definition) is 4. The summed E-state index contributed by atoms with van der Waals surface area (Å²) in [6.07, 6.45) is 0.713. The minimum absolute atomic E-state index is 0.0766. The first kappa shape index (κ1) is 16.5. The van der Waals surface area contributed by atoms with Crippen LogP contribution in [0.1, 0.15) is 38.3 Å². The lowest BCUT2D eigenvalue weighted by molar-refractivity contribution is 0.196. The molecule has 0 spiro atoms. The van der Waals surface area contributed by atoms with E-state index in [0.29, 0.717) is 24.3 Å². The first-order chi connectivity index (χ1) is 9.42. The number of ether oxygens (including phenoxy) is 1. The highest BCUT2D eigenvalue weighted by molar-refractivity contribution is 5.45. The van der Waals surface area contributed by atoms with Gasteiger partial charge in [-0.2, -0.15) is 5.26 Å². The van der Waals surface area contributed by atoms with Crippen LogP contribution in [0.4, 0.5) is 0 Å². The van der Waals surface area contributed by atoms with Crippen LogP contribution in [0.2, 0.25) is 0 Å². The van der Waals surface area contributed by atoms with Crippen LogP contribution in [0.25, 0.3) is 0 Å². The molecule has 0 amide bonds. The van der Waals surface area contributed by atoms with E-state index in [1.165, 1.54) is 0 Å². The van der Waals surface area contributed by atoms with Gasteiger partial charge in [-0.1, -0.05) is 26.8 Å². The lowest BCUT2D eigenvalue weighted by Crippen LogP contribution is -2.40. The molecule has 2 N–H and O–H groups in total. The van der Waals surface area contributed by atoms with Crippen molar-refractivity contribution in [3.8, 4) is 11.8 Å². The van der Waals surface area contributed by atoms with Crippen LogP contribution in [0, 0.1) is 16.7 Å². The van der Waals surface area contributed by atoms with Crippen molar-refractivity contribution < 1.29 is 9.84 Å². The van der Waals surface area contributed by atoms with E-state index in [1.54, 1.807) is 7.11 Å². The third-order valence-corrected chi connectivity index (χ3v) is 3.40. The molecule has 0 bridgehead atoms. The topological polar surface area (TPSA) is 65.3 Å². The predicted octanol–water partition coefficient (Wildman–Crippen LogP) is 2.45. The van der Waals surface area contributed by atoms with Gasteiger partial charge in [0.25, 0.3) is 0 Å². The number of nitrogens with one attached hydrogen (secondary N) is 1. The molecule has 0 aliphatic carbocycles. The van der Waals surface area contributed by atoms with Gasteiger partial charge in [0.15, 0.2) is 0 Å². The molecule has 4 heteroatoms. The number of aliphatic hydroxyl groups excluding tert-OH is 1. The summed E-state index contributed by atoms with van der Waals surface area (Å²) < 4.78 is 5.13. The largest absolute Gasteiger partial charge is 0.495 e. The van der Waals surface area contributed by atoms with Crippen LogP contribution < -0.4 is 10.1 Å². The molecule has 0 saturated carbocycles. The standard InChI is InChI=1S/C16H24N2O2/c1-16(2,3)15(7-8-19)18-11-12-5-6-14(20-4)13(9-12)10-17/h5-6,9,15,18-19H,7-8,11H2,1-4H3. The van der Waals surface area contributed by atoms with Crippen LogP contribution in [0.5, 0.6) is 5.75 Å². The molecule has 0 aromatic heterocycles. The average molecular weight is 276 g/mol. The summed E-state index contributed by atoms with van der Waals surface area (Å²) in [5.74, 6) is 0.596. The highest BCUT2D eigenvalue weighted by atomic mass is 16.5. The van der Waals surface area contributed by atoms with Gasteiger partial charge in [0.1, 0.15) is 11.8 Å². The van der Waals surface area contributed by atoms with Crippen LogP contribution >= 0.6 is 0 Å². The monoisotopic (exact) mass is 276 g/mol. The number of nitriles is 1. The Hall–Kier alpha value is -1.57. The Bertz CT molecular complexity index is 472. The Morgan fingerprint density at radius 3 is 2.60 bits per heavy atom. The van der Waals surface area contributed by atoms with Crippen molar-refractivity contribution in [1.82, 2.24) is 5.32 Å². The smallest absolute Gasteiger partial charge is 0.136 e. The Balaban J connectivity index is 2.76. The fourth-order valence-corrected chi connectivity index (χ4v) is 2.16. The number of rotatable bonds is 6. The molecule has 110 valence electrons. The van der Waals surface area contributed by atoms with Gasteiger partial charge in [0.05, 0.1) is 12.7 Å². The number of aliphatic hydroxyl groups is 1. The number of methoxy groups -OCH3 is 1. The van der Waals surface area contributed by atoms with Gasteiger partial charge in [-0.3, -0.25) is 0 Å². The van der Waals surface area contributed by atoms with E-state index < -0.39 is 0 Å². The van der Waals surface area contributed by atoms with Gasteiger partial charge < -0.3 is 15.2 Å². The highest BCUT2D eigenvalue weighted by Crippen LogP contribution is 2.23. The number of benzene rings is 1. The summed E-state index contributed by atoms with van der Waals surface area (Å²) in [7, 11) is 1.56. The van der Waals surface area contributed by atoms with E-state index in [0.717, 1.165) is 5.56 Å². The molecular weight excluding hydrogens is 252 g/mol. The third kappa shape index (κ3) is 4.52. The van der Waals surface area contributed by atoms with E-state index in [4.69, 9.17) is 15.1 Å². The normalized spacial score (nSPS) is 12.8. The highest BCUT2D eigenvalue weighted by Gasteiger charge is 2.23. The molecular formula is C16H24N2O2. The lowest BCUT2D eigenvalue weighted by Gasteiger charge is -2.31. The van der Waals surface area contributed by atoms with Crippen molar-refractivity contribution in [3.63, 3.8) is 0 Å². The van der Waals surface area contributed by atoms with Crippen LogP contribution in [-0.4, -0.2) is 24.9 Å². The summed E-state index contributed by atoms with van der Waals surface area (Å²) >= 11 is 0. The molecule has 1 aromatic rings. The lowest BCUT2D eigenvalue weighted by atomic mass is 9.85. The summed E-state index contributed by atoms with van der Waals surface area (Å²) in [5.41, 5.74) is 1.66. The molecule has 0 fully saturated rings. The van der Waals surface area contributed by atoms with Crippen molar-refractivity contribution >= 4 is 0 Å². The molecule has 1 aromatic carbocycles. The molecule has 0 saturated heterocycles. The minimum atomic E-state index is 0.0766. The second-order valence-electron chi connectivity index (χ2n) is 5.96. The molecule has 1 rings (SSSR count). The molecule has 0 aliphatic heterocycles. The number of nitrogens with zero attached hydrogens (tertiary/aromatic N) is 1. The van der Waals surface area contributed by atoms with Crippen molar-refractivity contribution in [3.05, 3.63) is 29.3 Å². The maximum Gasteiger partial charge on any atom is 0.136 e. The Kier molecular flexibility index (Phi) is 6.00. The zero-order valence-electron chi connectivity index (χ0n) is 12.7. The first-order valence-electron chi connectivity index (χ1n) is 6.83. The van der Waals surface area contributed by atoms with E-state index in [9.17, 15) is 0 Å². The second kappa shape index (κ2) is 7.28. The third-order valence-electron chi connectivity index (χ3n) is 3.40. The molecule has 20 heavy (non-hydrogen) atoms. The van der Waals surface area contributed by atoms with E-state index >= 15 is 0 Å². The average Bonchev–Trinajstić information content (AvgIpc) is 2.41. The van der Waals surface area contributed by atoms with Crippen molar-refractivity contribution in [2.24, 2.45) is 5.41 Å². The van der Waals surface area contributed by atoms with Crippen molar-refractivity contribution in [2.45, 2.75) is 39.8 Å². The van der Waals surface area contributed by atoms with Gasteiger partial charge in [-0.25, -0.2) is 0 Å². The fourth-order valence-electron chi connectivity index (χ4n) is 2.16. The molecule has 0 radical (unpaired) electrons. The zero-order chi connectivity index (χ0) is 15.2. The van der Waals surface area contributed by atoms with Gasteiger partial charge in [-0.05, 0) is 29.5 Å². The molecule has 1 atom stereocenters. The molecule has 0 aliphatic rings. The maximum atomic E-state index is 9.15. The zero-order valence-corrected chi connectivity index (χ0v) is 12.7. The van der Waals surface area contributed by atoms with Crippen LogP contribution in [0.3, 0.4) is 0 Å². The second-order valence-corrected chi connectivity index (χ2v) is 5.96. The van der Waals surface area contributed by atoms with Crippen molar-refractivity contribution in [1.29, 1.82) is 5.26 Å². The Morgan fingerprint density at radius 1 is 1.40 bits per heavy atom. The molecule has 4 nitrogen and oxygen atoms in total. The fraction of sp³-hybridized carbons (Fsp3) is 0.562. The van der Waals surface area contributed by atoms with Crippen LogP contribution in [0.15, 0.2) is 18.2 Å². The SMILES string of the molecule is COc1ccc(CNC(CCO)C(C)(C)C)cc1C#N. The van der Waals surface area contributed by atoms with E-state index in [2.05, 4.69) is 32.2 Å². The van der Waals surface area contributed by atoms with Gasteiger partial charge in [0.2, 0.25) is 0 Å². The van der Waals surface area contributed by atoms with Gasteiger partial charge in [-0.15, -0.1) is 0 Å². The Morgan fingerprint density at radius 2 is 2.10 bits per heavy atom. The number of hydrogen-bond donors (Lipinski definition) is 2. The van der Waals surface area contributed by atoms with Gasteiger partial charge in [0, 0.05) is 19.2 Å². The minimum Gasteiger partial charge on any atom is -0.495 e. The first-order valence-corrected chi connectivity index (χ1v) is 6.83. The quantitative estimate of drug-likeness (QED) is 0.837. The van der Waals surface area contributed by atoms with Crippen LogP contribution in [-0.2, 0) is 6.54 Å². The summed E-state index contributed by atoms with van der Waals surface area (Å²) in [6.45, 7) is 7.28. The summed E-state index contributed by atoms with van der Waals surface area (Å²) in [6, 6.07) is 7.96. The van der Waals surface area contributed by atoms with E-state index in [-0.39, 0.29) is 18.1 Å². The van der Waals surface area contributed by atoms with Gasteiger partial charge >= 0.3 is 0 Å². The Labute approximate surface area is 121 Å². The maximum absolute atomic E-state index is 9.15. The molecule has 0 heterocycles. The predicted molar refractivity (Wildman–Crippen MR) is 79.5 cm³/mol. The van der Waals surface area contributed by atoms with E-state index in [1.807, 2.05) is 18.2 Å². The van der Waals surface area contributed by atoms with Crippen molar-refractivity contribution in [2.75, 3.05) is 13.7 Å².